The number of carbonyl (C=O) groups excluding carboxylic acids is 1. The molecule has 4 nitrogen and oxygen atoms in total. The van der Waals surface area contributed by atoms with Gasteiger partial charge in [-0.3, -0.25) is 4.79 Å². The highest BCUT2D eigenvalue weighted by Gasteiger charge is 2.19. The minimum absolute atomic E-state index is 0.200. The predicted molar refractivity (Wildman–Crippen MR) is 89.0 cm³/mol. The van der Waals surface area contributed by atoms with Crippen molar-refractivity contribution in [2.45, 2.75) is 36.7 Å². The first-order chi connectivity index (χ1) is 10.1. The van der Waals surface area contributed by atoms with Crippen molar-refractivity contribution >= 4 is 39.3 Å². The number of benzene rings is 1. The summed E-state index contributed by atoms with van der Waals surface area (Å²) < 4.78 is 7.08. The Morgan fingerprint density at radius 3 is 2.86 bits per heavy atom. The molecule has 0 saturated carbocycles. The summed E-state index contributed by atoms with van der Waals surface area (Å²) in [7, 11) is 1.43. The first-order valence-corrected chi connectivity index (χ1v) is 8.72. The predicted octanol–water partition coefficient (Wildman–Crippen LogP) is 3.32. The molecule has 114 valence electrons. The van der Waals surface area contributed by atoms with Crippen LogP contribution in [0.1, 0.15) is 20.3 Å². The lowest BCUT2D eigenvalue weighted by molar-refractivity contribution is -0.143. The van der Waals surface area contributed by atoms with E-state index in [0.717, 1.165) is 22.0 Å². The molecule has 0 radical (unpaired) electrons. The normalized spacial score (nSPS) is 12.8. The topological polar surface area (TPSA) is 51.2 Å². The zero-order chi connectivity index (χ0) is 15.2. The highest BCUT2D eigenvalue weighted by Crippen LogP contribution is 2.29. The summed E-state index contributed by atoms with van der Waals surface area (Å²) in [5.41, 5.74) is 1.04. The molecule has 2 rings (SSSR count). The molecule has 0 aliphatic rings. The van der Waals surface area contributed by atoms with E-state index in [-0.39, 0.29) is 18.1 Å². The van der Waals surface area contributed by atoms with Crippen LogP contribution in [0.4, 0.5) is 0 Å². The third-order valence-electron chi connectivity index (χ3n) is 2.93. The molecule has 1 unspecified atom stereocenters. The van der Waals surface area contributed by atoms with Crippen molar-refractivity contribution in [2.24, 2.45) is 0 Å². The second kappa shape index (κ2) is 7.77. The first kappa shape index (κ1) is 16.3. The number of hydrogen-bond acceptors (Lipinski definition) is 6. The largest absolute Gasteiger partial charge is 0.468 e. The number of nitrogens with zero attached hydrogens (tertiary/aromatic N) is 1. The number of rotatable bonds is 7. The van der Waals surface area contributed by atoms with Gasteiger partial charge in [-0.15, -0.1) is 11.3 Å². The van der Waals surface area contributed by atoms with Crippen molar-refractivity contribution in [3.63, 3.8) is 0 Å². The summed E-state index contributed by atoms with van der Waals surface area (Å²) in [5.74, 6) is 0.632. The fraction of sp³-hybridized carbons (Fsp3) is 0.467. The second-order valence-corrected chi connectivity index (χ2v) is 7.35. The Bertz CT molecular complexity index is 565. The van der Waals surface area contributed by atoms with Crippen LogP contribution in [0.2, 0.25) is 0 Å². The maximum Gasteiger partial charge on any atom is 0.322 e. The SMILES string of the molecule is COC(=O)C(CCSc1nc2ccccc2s1)NC(C)C. The van der Waals surface area contributed by atoms with Crippen LogP contribution in [-0.4, -0.2) is 35.9 Å². The zero-order valence-corrected chi connectivity index (χ0v) is 14.1. The van der Waals surface area contributed by atoms with Gasteiger partial charge in [0.25, 0.3) is 0 Å². The van der Waals surface area contributed by atoms with Gasteiger partial charge in [0.1, 0.15) is 6.04 Å². The monoisotopic (exact) mass is 324 g/mol. The van der Waals surface area contributed by atoms with Crippen LogP contribution < -0.4 is 5.32 Å². The van der Waals surface area contributed by atoms with Crippen LogP contribution in [-0.2, 0) is 9.53 Å². The number of thiazole rings is 1. The molecule has 2 aromatic rings. The van der Waals surface area contributed by atoms with Gasteiger partial charge in [0, 0.05) is 11.8 Å². The summed E-state index contributed by atoms with van der Waals surface area (Å²) in [4.78, 5) is 16.3. The van der Waals surface area contributed by atoms with Gasteiger partial charge in [0.2, 0.25) is 0 Å². The number of carbonyl (C=O) groups is 1. The molecule has 6 heteroatoms. The summed E-state index contributed by atoms with van der Waals surface area (Å²) in [5, 5.41) is 3.24. The molecule has 1 aromatic carbocycles. The molecule has 0 spiro atoms. The highest BCUT2D eigenvalue weighted by molar-refractivity contribution is 8.01. The number of ether oxygens (including phenoxy) is 1. The molecule has 1 heterocycles. The number of esters is 1. The summed E-state index contributed by atoms with van der Waals surface area (Å²) in [6.07, 6.45) is 0.728. The van der Waals surface area contributed by atoms with E-state index < -0.39 is 0 Å². The summed E-state index contributed by atoms with van der Waals surface area (Å²) >= 11 is 3.38. The molecule has 1 N–H and O–H groups in total. The van der Waals surface area contributed by atoms with Gasteiger partial charge in [-0.25, -0.2) is 4.98 Å². The Labute approximate surface area is 133 Å². The molecular weight excluding hydrogens is 304 g/mol. The number of aromatic nitrogens is 1. The number of fused-ring (bicyclic) bond motifs is 1. The Morgan fingerprint density at radius 2 is 2.19 bits per heavy atom. The number of thioether (sulfide) groups is 1. The Kier molecular flexibility index (Phi) is 6.02. The minimum Gasteiger partial charge on any atom is -0.468 e. The average molecular weight is 324 g/mol. The lowest BCUT2D eigenvalue weighted by Crippen LogP contribution is -2.41. The maximum absolute atomic E-state index is 11.7. The molecule has 0 aliphatic heterocycles. The fourth-order valence-electron chi connectivity index (χ4n) is 1.99. The number of nitrogens with one attached hydrogen (secondary N) is 1. The first-order valence-electron chi connectivity index (χ1n) is 6.92. The molecule has 0 aliphatic carbocycles. The van der Waals surface area contributed by atoms with Gasteiger partial charge in [-0.05, 0) is 18.6 Å². The van der Waals surface area contributed by atoms with Crippen LogP contribution >= 0.6 is 23.1 Å². The number of para-hydroxylation sites is 1. The standard InChI is InChI=1S/C15H20N2O2S2/c1-10(2)16-12(14(18)19-3)8-9-20-15-17-11-6-4-5-7-13(11)21-15/h4-7,10,12,16H,8-9H2,1-3H3. The van der Waals surface area contributed by atoms with Crippen molar-refractivity contribution in [2.75, 3.05) is 12.9 Å². The molecule has 0 saturated heterocycles. The smallest absolute Gasteiger partial charge is 0.322 e. The lowest BCUT2D eigenvalue weighted by Gasteiger charge is -2.18. The van der Waals surface area contributed by atoms with Crippen LogP contribution in [0.5, 0.6) is 0 Å². The summed E-state index contributed by atoms with van der Waals surface area (Å²) in [6, 6.07) is 8.12. The molecule has 0 fully saturated rings. The van der Waals surface area contributed by atoms with E-state index in [0.29, 0.717) is 0 Å². The molecular formula is C15H20N2O2S2. The highest BCUT2D eigenvalue weighted by atomic mass is 32.2. The molecule has 0 amide bonds. The third kappa shape index (κ3) is 4.69. The lowest BCUT2D eigenvalue weighted by atomic mass is 10.2. The number of hydrogen-bond donors (Lipinski definition) is 1. The minimum atomic E-state index is -0.253. The van der Waals surface area contributed by atoms with Crippen molar-refractivity contribution in [1.82, 2.24) is 10.3 Å². The van der Waals surface area contributed by atoms with E-state index in [4.69, 9.17) is 4.74 Å². The van der Waals surface area contributed by atoms with Gasteiger partial charge in [-0.1, -0.05) is 37.7 Å². The van der Waals surface area contributed by atoms with Crippen molar-refractivity contribution in [3.05, 3.63) is 24.3 Å². The number of methoxy groups -OCH3 is 1. The average Bonchev–Trinajstić information content (AvgIpc) is 2.87. The third-order valence-corrected chi connectivity index (χ3v) is 5.14. The Balaban J connectivity index is 1.90. The molecule has 21 heavy (non-hydrogen) atoms. The van der Waals surface area contributed by atoms with E-state index in [2.05, 4.69) is 16.4 Å². The molecule has 1 aromatic heterocycles. The molecule has 1 atom stereocenters. The maximum atomic E-state index is 11.7. The van der Waals surface area contributed by atoms with Gasteiger partial charge < -0.3 is 10.1 Å². The van der Waals surface area contributed by atoms with Gasteiger partial charge in [0.05, 0.1) is 17.3 Å². The molecule has 0 bridgehead atoms. The van der Waals surface area contributed by atoms with E-state index in [9.17, 15) is 4.79 Å². The fourth-order valence-corrected chi connectivity index (χ4v) is 4.13. The van der Waals surface area contributed by atoms with Gasteiger partial charge >= 0.3 is 5.97 Å². The van der Waals surface area contributed by atoms with E-state index >= 15 is 0 Å². The van der Waals surface area contributed by atoms with Gasteiger partial charge in [-0.2, -0.15) is 0 Å². The van der Waals surface area contributed by atoms with Gasteiger partial charge in [0.15, 0.2) is 4.34 Å². The summed E-state index contributed by atoms with van der Waals surface area (Å²) in [6.45, 7) is 4.05. The van der Waals surface area contributed by atoms with Crippen molar-refractivity contribution in [3.8, 4) is 0 Å². The van der Waals surface area contributed by atoms with E-state index in [1.807, 2.05) is 32.0 Å². The van der Waals surface area contributed by atoms with Crippen LogP contribution in [0.3, 0.4) is 0 Å². The van der Waals surface area contributed by atoms with Crippen LogP contribution in [0.15, 0.2) is 28.6 Å². The van der Waals surface area contributed by atoms with E-state index in [1.165, 1.54) is 11.8 Å². The van der Waals surface area contributed by atoms with Crippen LogP contribution in [0.25, 0.3) is 10.2 Å². The Morgan fingerprint density at radius 1 is 1.43 bits per heavy atom. The second-order valence-electron chi connectivity index (χ2n) is 4.98. The Hall–Kier alpha value is -1.11. The van der Waals surface area contributed by atoms with Crippen molar-refractivity contribution in [1.29, 1.82) is 0 Å². The van der Waals surface area contributed by atoms with Crippen LogP contribution in [0, 0.1) is 0 Å². The van der Waals surface area contributed by atoms with Crippen molar-refractivity contribution < 1.29 is 9.53 Å². The zero-order valence-electron chi connectivity index (χ0n) is 12.5. The van der Waals surface area contributed by atoms with E-state index in [1.54, 1.807) is 23.1 Å². The quantitative estimate of drug-likeness (QED) is 0.625.